The van der Waals surface area contributed by atoms with Crippen LogP contribution < -0.4 is 10.1 Å². The van der Waals surface area contributed by atoms with Crippen molar-refractivity contribution in [3.8, 4) is 5.75 Å². The molecule has 0 radical (unpaired) electrons. The Morgan fingerprint density at radius 1 is 1.53 bits per heavy atom. The third kappa shape index (κ3) is 3.81. The van der Waals surface area contributed by atoms with Gasteiger partial charge in [0, 0.05) is 29.5 Å². The van der Waals surface area contributed by atoms with Crippen LogP contribution in [0.3, 0.4) is 0 Å². The van der Waals surface area contributed by atoms with Crippen LogP contribution in [0, 0.1) is 0 Å². The molecular formula is C14H21N3OS. The lowest BCUT2D eigenvalue weighted by molar-refractivity contribution is 0.415. The molecule has 104 valence electrons. The maximum absolute atomic E-state index is 5.27. The molecule has 2 rings (SSSR count). The number of rotatable bonds is 7. The molecule has 0 fully saturated rings. The minimum Gasteiger partial charge on any atom is -0.496 e. The summed E-state index contributed by atoms with van der Waals surface area (Å²) in [5.74, 6) is 0.939. The summed E-state index contributed by atoms with van der Waals surface area (Å²) in [6.45, 7) is 3.20. The van der Waals surface area contributed by atoms with Crippen LogP contribution in [0.1, 0.15) is 29.8 Å². The largest absolute Gasteiger partial charge is 0.496 e. The van der Waals surface area contributed by atoms with E-state index in [4.69, 9.17) is 4.74 Å². The Balaban J connectivity index is 2.10. The number of hydrogen-bond acceptors (Lipinski definition) is 4. The fourth-order valence-electron chi connectivity index (χ4n) is 2.03. The number of ether oxygens (including phenoxy) is 1. The SMILES string of the molecule is CCCNC(Cc1cnn(C)c1)c1cc(OC)cs1. The molecule has 19 heavy (non-hydrogen) atoms. The van der Waals surface area contributed by atoms with Crippen LogP contribution in [0.4, 0.5) is 0 Å². The smallest absolute Gasteiger partial charge is 0.129 e. The van der Waals surface area contributed by atoms with Gasteiger partial charge in [0.2, 0.25) is 0 Å². The van der Waals surface area contributed by atoms with Gasteiger partial charge in [-0.3, -0.25) is 4.68 Å². The third-order valence-electron chi connectivity index (χ3n) is 3.01. The normalized spacial score (nSPS) is 12.6. The van der Waals surface area contributed by atoms with Gasteiger partial charge in [0.05, 0.1) is 13.3 Å². The van der Waals surface area contributed by atoms with Crippen molar-refractivity contribution in [1.29, 1.82) is 0 Å². The van der Waals surface area contributed by atoms with Crippen molar-refractivity contribution in [3.05, 3.63) is 34.3 Å². The van der Waals surface area contributed by atoms with E-state index in [-0.39, 0.29) is 0 Å². The molecule has 1 unspecified atom stereocenters. The molecule has 4 nitrogen and oxygen atoms in total. The highest BCUT2D eigenvalue weighted by atomic mass is 32.1. The Morgan fingerprint density at radius 3 is 2.95 bits per heavy atom. The molecule has 0 aliphatic rings. The third-order valence-corrected chi connectivity index (χ3v) is 4.04. The van der Waals surface area contributed by atoms with Crippen molar-refractivity contribution < 1.29 is 4.74 Å². The molecule has 0 saturated heterocycles. The van der Waals surface area contributed by atoms with Gasteiger partial charge in [-0.2, -0.15) is 5.10 Å². The van der Waals surface area contributed by atoms with Gasteiger partial charge in [0.1, 0.15) is 5.75 Å². The molecule has 0 amide bonds. The summed E-state index contributed by atoms with van der Waals surface area (Å²) in [5.41, 5.74) is 1.25. The van der Waals surface area contributed by atoms with Crippen LogP contribution in [0.2, 0.25) is 0 Å². The predicted octanol–water partition coefficient (Wildman–Crippen LogP) is 2.77. The predicted molar refractivity (Wildman–Crippen MR) is 78.8 cm³/mol. The molecule has 0 saturated carbocycles. The molecule has 0 aliphatic heterocycles. The molecule has 2 aromatic rings. The molecule has 0 bridgehead atoms. The second kappa shape index (κ2) is 6.73. The average molecular weight is 279 g/mol. The van der Waals surface area contributed by atoms with E-state index >= 15 is 0 Å². The summed E-state index contributed by atoms with van der Waals surface area (Å²) in [7, 11) is 3.66. The fourth-order valence-corrected chi connectivity index (χ4v) is 2.96. The molecule has 2 heterocycles. The van der Waals surface area contributed by atoms with Crippen molar-refractivity contribution in [3.63, 3.8) is 0 Å². The number of aromatic nitrogens is 2. The van der Waals surface area contributed by atoms with Crippen LogP contribution in [0.5, 0.6) is 5.75 Å². The van der Waals surface area contributed by atoms with E-state index in [1.54, 1.807) is 18.4 Å². The highest BCUT2D eigenvalue weighted by molar-refractivity contribution is 7.10. The zero-order chi connectivity index (χ0) is 13.7. The summed E-state index contributed by atoms with van der Waals surface area (Å²) in [6, 6.07) is 2.45. The molecule has 0 aliphatic carbocycles. The summed E-state index contributed by atoms with van der Waals surface area (Å²) < 4.78 is 7.12. The van der Waals surface area contributed by atoms with E-state index < -0.39 is 0 Å². The first-order valence-electron chi connectivity index (χ1n) is 6.56. The molecule has 1 atom stereocenters. The number of methoxy groups -OCH3 is 1. The van der Waals surface area contributed by atoms with Crippen LogP contribution >= 0.6 is 11.3 Å². The van der Waals surface area contributed by atoms with Gasteiger partial charge in [-0.1, -0.05) is 6.92 Å². The first-order chi connectivity index (χ1) is 9.22. The van der Waals surface area contributed by atoms with Crippen molar-refractivity contribution in [2.45, 2.75) is 25.8 Å². The molecule has 0 spiro atoms. The summed E-state index contributed by atoms with van der Waals surface area (Å²) in [4.78, 5) is 1.31. The van der Waals surface area contributed by atoms with Crippen LogP contribution in [-0.4, -0.2) is 23.4 Å². The van der Waals surface area contributed by atoms with E-state index in [2.05, 4.69) is 35.0 Å². The first kappa shape index (κ1) is 14.1. The maximum atomic E-state index is 5.27. The van der Waals surface area contributed by atoms with Crippen molar-refractivity contribution in [2.75, 3.05) is 13.7 Å². The lowest BCUT2D eigenvalue weighted by Crippen LogP contribution is -2.23. The van der Waals surface area contributed by atoms with Gasteiger partial charge in [0.25, 0.3) is 0 Å². The Hall–Kier alpha value is -1.33. The van der Waals surface area contributed by atoms with Crippen LogP contribution in [0.25, 0.3) is 0 Å². The molecule has 1 N–H and O–H groups in total. The fraction of sp³-hybridized carbons (Fsp3) is 0.500. The van der Waals surface area contributed by atoms with Gasteiger partial charge in [-0.05, 0) is 31.0 Å². The van der Waals surface area contributed by atoms with Gasteiger partial charge >= 0.3 is 0 Å². The molecule has 2 aromatic heterocycles. The van der Waals surface area contributed by atoms with E-state index in [0.29, 0.717) is 6.04 Å². The number of thiophene rings is 1. The summed E-state index contributed by atoms with van der Waals surface area (Å²) >= 11 is 1.74. The quantitative estimate of drug-likeness (QED) is 0.847. The van der Waals surface area contributed by atoms with E-state index in [1.165, 1.54) is 10.4 Å². The van der Waals surface area contributed by atoms with E-state index in [9.17, 15) is 0 Å². The Labute approximate surface area is 118 Å². The molecule has 5 heteroatoms. The number of hydrogen-bond donors (Lipinski definition) is 1. The Kier molecular flexibility index (Phi) is 4.99. The van der Waals surface area contributed by atoms with Crippen molar-refractivity contribution in [1.82, 2.24) is 15.1 Å². The zero-order valence-corrected chi connectivity index (χ0v) is 12.5. The van der Waals surface area contributed by atoms with Gasteiger partial charge in [-0.25, -0.2) is 0 Å². The Morgan fingerprint density at radius 2 is 2.37 bits per heavy atom. The van der Waals surface area contributed by atoms with Crippen LogP contribution in [0.15, 0.2) is 23.8 Å². The van der Waals surface area contributed by atoms with Crippen molar-refractivity contribution in [2.24, 2.45) is 7.05 Å². The Bertz CT molecular complexity index is 506. The number of nitrogens with zero attached hydrogens (tertiary/aromatic N) is 2. The first-order valence-corrected chi connectivity index (χ1v) is 7.44. The standard InChI is InChI=1S/C14H21N3OS/c1-4-5-15-13(6-11-8-16-17(2)9-11)14-7-12(18-3)10-19-14/h7-10,13,15H,4-6H2,1-3H3. The lowest BCUT2D eigenvalue weighted by atomic mass is 10.1. The van der Waals surface area contributed by atoms with Gasteiger partial charge in [-0.15, -0.1) is 11.3 Å². The topological polar surface area (TPSA) is 39.1 Å². The van der Waals surface area contributed by atoms with E-state index in [1.807, 2.05) is 17.9 Å². The zero-order valence-electron chi connectivity index (χ0n) is 11.7. The van der Waals surface area contributed by atoms with Crippen LogP contribution in [-0.2, 0) is 13.5 Å². The lowest BCUT2D eigenvalue weighted by Gasteiger charge is -2.16. The van der Waals surface area contributed by atoms with E-state index in [0.717, 1.165) is 25.1 Å². The highest BCUT2D eigenvalue weighted by Crippen LogP contribution is 2.28. The van der Waals surface area contributed by atoms with Gasteiger partial charge < -0.3 is 10.1 Å². The second-order valence-corrected chi connectivity index (χ2v) is 5.56. The molecular weight excluding hydrogens is 258 g/mol. The highest BCUT2D eigenvalue weighted by Gasteiger charge is 2.15. The monoisotopic (exact) mass is 279 g/mol. The number of nitrogens with one attached hydrogen (secondary N) is 1. The van der Waals surface area contributed by atoms with Crippen molar-refractivity contribution >= 4 is 11.3 Å². The minimum absolute atomic E-state index is 0.332. The second-order valence-electron chi connectivity index (χ2n) is 4.62. The molecule has 0 aromatic carbocycles. The summed E-state index contributed by atoms with van der Waals surface area (Å²) in [6.07, 6.45) is 6.10. The maximum Gasteiger partial charge on any atom is 0.129 e. The minimum atomic E-state index is 0.332. The summed E-state index contributed by atoms with van der Waals surface area (Å²) in [5, 5.41) is 9.89. The van der Waals surface area contributed by atoms with Gasteiger partial charge in [0.15, 0.2) is 0 Å². The number of aryl methyl sites for hydroxylation is 1. The average Bonchev–Trinajstić information content (AvgIpc) is 3.03.